The lowest BCUT2D eigenvalue weighted by Gasteiger charge is -2.47. The van der Waals surface area contributed by atoms with Gasteiger partial charge in [-0.3, -0.25) is 14.5 Å². The largest absolute Gasteiger partial charge is 0.343 e. The number of aryl methyl sites for hydroxylation is 1. The van der Waals surface area contributed by atoms with Crippen LogP contribution in [-0.4, -0.2) is 65.3 Å². The van der Waals surface area contributed by atoms with Gasteiger partial charge in [0.15, 0.2) is 0 Å². The number of hydrogen-bond donors (Lipinski definition) is 0. The van der Waals surface area contributed by atoms with E-state index in [1.807, 2.05) is 17.0 Å². The SMILES string of the molecule is C=C(Sc1ccccc1C)C(c1ccc(Cl)cc1)N1CCN(C(=O)CC2CCN(C(C)=O)CC2)C(C(C)C)C1. The molecule has 0 saturated carbocycles. The molecule has 0 aromatic heterocycles. The fourth-order valence-electron chi connectivity index (χ4n) is 5.88. The number of carbonyl (C=O) groups is 2. The first-order valence-corrected chi connectivity index (χ1v) is 15.3. The highest BCUT2D eigenvalue weighted by molar-refractivity contribution is 8.03. The summed E-state index contributed by atoms with van der Waals surface area (Å²) in [6.45, 7) is 16.6. The van der Waals surface area contributed by atoms with Crippen LogP contribution < -0.4 is 0 Å². The normalized spacial score (nSPS) is 19.8. The third-order valence-corrected chi connectivity index (χ3v) is 9.67. The number of thioether (sulfide) groups is 1. The van der Waals surface area contributed by atoms with Gasteiger partial charge in [-0.2, -0.15) is 0 Å². The van der Waals surface area contributed by atoms with Gasteiger partial charge < -0.3 is 9.80 Å². The summed E-state index contributed by atoms with van der Waals surface area (Å²) in [4.78, 5) is 34.1. The number of benzene rings is 2. The summed E-state index contributed by atoms with van der Waals surface area (Å²) in [7, 11) is 0. The molecule has 7 heteroatoms. The minimum Gasteiger partial charge on any atom is -0.343 e. The smallest absolute Gasteiger partial charge is 0.223 e. The maximum atomic E-state index is 13.6. The van der Waals surface area contributed by atoms with Crippen molar-refractivity contribution in [3.63, 3.8) is 0 Å². The Bertz CT molecular complexity index is 1160. The minimum absolute atomic E-state index is 0.0151. The lowest BCUT2D eigenvalue weighted by Crippen LogP contribution is -2.58. The van der Waals surface area contributed by atoms with Crippen LogP contribution in [0.15, 0.2) is 64.9 Å². The van der Waals surface area contributed by atoms with Gasteiger partial charge in [-0.05, 0) is 60.9 Å². The van der Waals surface area contributed by atoms with E-state index in [-0.39, 0.29) is 23.9 Å². The van der Waals surface area contributed by atoms with Crippen molar-refractivity contribution in [2.75, 3.05) is 32.7 Å². The molecule has 2 aromatic carbocycles. The van der Waals surface area contributed by atoms with Crippen LogP contribution in [0.4, 0.5) is 0 Å². The van der Waals surface area contributed by atoms with Gasteiger partial charge in [-0.25, -0.2) is 0 Å². The highest BCUT2D eigenvalue weighted by atomic mass is 35.5. The van der Waals surface area contributed by atoms with Crippen LogP contribution in [0.5, 0.6) is 0 Å². The maximum absolute atomic E-state index is 13.6. The molecule has 2 aliphatic heterocycles. The topological polar surface area (TPSA) is 43.9 Å². The fraction of sp³-hybridized carbons (Fsp3) is 0.500. The molecule has 2 aliphatic rings. The first kappa shape index (κ1) is 29.7. The fourth-order valence-corrected chi connectivity index (χ4v) is 7.06. The van der Waals surface area contributed by atoms with Crippen LogP contribution in [0.1, 0.15) is 57.2 Å². The molecule has 4 rings (SSSR count). The summed E-state index contributed by atoms with van der Waals surface area (Å²) in [6.07, 6.45) is 2.39. The maximum Gasteiger partial charge on any atom is 0.223 e. The molecule has 0 radical (unpaired) electrons. The highest BCUT2D eigenvalue weighted by Crippen LogP contribution is 2.41. The van der Waals surface area contributed by atoms with E-state index in [0.717, 1.165) is 48.9 Å². The van der Waals surface area contributed by atoms with E-state index in [4.69, 9.17) is 11.6 Å². The Morgan fingerprint density at radius 2 is 1.69 bits per heavy atom. The molecule has 2 amide bonds. The summed E-state index contributed by atoms with van der Waals surface area (Å²) >= 11 is 7.99. The van der Waals surface area contributed by atoms with Crippen LogP contribution in [0.25, 0.3) is 0 Å². The van der Waals surface area contributed by atoms with Crippen molar-refractivity contribution in [1.29, 1.82) is 0 Å². The van der Waals surface area contributed by atoms with E-state index in [0.29, 0.717) is 24.8 Å². The summed E-state index contributed by atoms with van der Waals surface area (Å²) in [5.74, 6) is 1.07. The van der Waals surface area contributed by atoms with Crippen molar-refractivity contribution in [1.82, 2.24) is 14.7 Å². The lowest BCUT2D eigenvalue weighted by atomic mass is 9.91. The Labute approximate surface area is 243 Å². The van der Waals surface area contributed by atoms with E-state index in [1.165, 1.54) is 16.0 Å². The molecule has 2 heterocycles. The molecule has 2 aromatic rings. The summed E-state index contributed by atoms with van der Waals surface area (Å²) in [5.41, 5.74) is 2.41. The molecule has 2 fully saturated rings. The molecule has 5 nitrogen and oxygen atoms in total. The highest BCUT2D eigenvalue weighted by Gasteiger charge is 2.37. The molecule has 0 N–H and O–H groups in total. The molecule has 39 heavy (non-hydrogen) atoms. The van der Waals surface area contributed by atoms with Gasteiger partial charge in [0.2, 0.25) is 11.8 Å². The van der Waals surface area contributed by atoms with Crippen LogP contribution in [0.3, 0.4) is 0 Å². The number of carbonyl (C=O) groups excluding carboxylic acids is 2. The average molecular weight is 568 g/mol. The molecule has 210 valence electrons. The summed E-state index contributed by atoms with van der Waals surface area (Å²) < 4.78 is 0. The quantitative estimate of drug-likeness (QED) is 0.329. The number of hydrogen-bond acceptors (Lipinski definition) is 4. The average Bonchev–Trinajstić information content (AvgIpc) is 2.91. The molecule has 0 aliphatic carbocycles. The van der Waals surface area contributed by atoms with Gasteiger partial charge in [-0.1, -0.05) is 74.1 Å². The summed E-state index contributed by atoms with van der Waals surface area (Å²) in [5, 5.41) is 0.722. The van der Waals surface area contributed by atoms with Gasteiger partial charge in [0, 0.05) is 66.9 Å². The Balaban J connectivity index is 1.49. The number of rotatable bonds is 8. The molecule has 2 saturated heterocycles. The second-order valence-electron chi connectivity index (χ2n) is 11.3. The van der Waals surface area contributed by atoms with Gasteiger partial charge in [0.25, 0.3) is 0 Å². The number of likely N-dealkylation sites (tertiary alicyclic amines) is 1. The zero-order chi connectivity index (χ0) is 28.1. The molecule has 2 unspecified atom stereocenters. The molecule has 0 spiro atoms. The number of amides is 2. The molecular weight excluding hydrogens is 526 g/mol. The van der Waals surface area contributed by atoms with Crippen molar-refractivity contribution in [3.8, 4) is 0 Å². The summed E-state index contributed by atoms with van der Waals surface area (Å²) in [6, 6.07) is 16.7. The second kappa shape index (κ2) is 13.4. The lowest BCUT2D eigenvalue weighted by molar-refractivity contribution is -0.139. The number of nitrogens with zero attached hydrogens (tertiary/aromatic N) is 3. The van der Waals surface area contributed by atoms with E-state index in [9.17, 15) is 9.59 Å². The van der Waals surface area contributed by atoms with Gasteiger partial charge >= 0.3 is 0 Å². The predicted octanol–water partition coefficient (Wildman–Crippen LogP) is 6.81. The zero-order valence-electron chi connectivity index (χ0n) is 23.7. The minimum atomic E-state index is 0.0151. The third-order valence-electron chi connectivity index (χ3n) is 8.25. The van der Waals surface area contributed by atoms with Crippen molar-refractivity contribution in [2.45, 2.75) is 63.9 Å². The van der Waals surface area contributed by atoms with Crippen LogP contribution in [0, 0.1) is 18.8 Å². The van der Waals surface area contributed by atoms with Gasteiger partial charge in [0.1, 0.15) is 0 Å². The van der Waals surface area contributed by atoms with Crippen molar-refractivity contribution in [3.05, 3.63) is 76.2 Å². The van der Waals surface area contributed by atoms with Gasteiger partial charge in [0.05, 0.1) is 6.04 Å². The molecular formula is C32H42ClN3O2S. The van der Waals surface area contributed by atoms with E-state index in [2.05, 4.69) is 73.5 Å². The monoisotopic (exact) mass is 567 g/mol. The van der Waals surface area contributed by atoms with Crippen LogP contribution in [0.2, 0.25) is 5.02 Å². The van der Waals surface area contributed by atoms with Crippen LogP contribution >= 0.6 is 23.4 Å². The first-order chi connectivity index (χ1) is 18.6. The number of piperazine rings is 1. The van der Waals surface area contributed by atoms with E-state index >= 15 is 0 Å². The Kier molecular flexibility index (Phi) is 10.2. The van der Waals surface area contributed by atoms with Crippen molar-refractivity contribution in [2.24, 2.45) is 11.8 Å². The zero-order valence-corrected chi connectivity index (χ0v) is 25.3. The molecule has 2 atom stereocenters. The van der Waals surface area contributed by atoms with E-state index in [1.54, 1.807) is 18.7 Å². The Morgan fingerprint density at radius 3 is 2.31 bits per heavy atom. The molecule has 0 bridgehead atoms. The second-order valence-corrected chi connectivity index (χ2v) is 12.9. The standard InChI is InChI=1S/C32H42ClN3O2S/c1-22(2)29-21-35(18-19-36(29)31(38)20-26-14-16-34(17-15-26)25(5)37)32(27-10-12-28(33)13-11-27)24(4)39-30-9-7-6-8-23(30)3/h6-13,22,26,29,32H,4,14-21H2,1-3,5H3. The number of piperidine rings is 1. The van der Waals surface area contributed by atoms with Crippen molar-refractivity contribution < 1.29 is 9.59 Å². The Hall–Kier alpha value is -2.28. The third kappa shape index (κ3) is 7.47. The first-order valence-electron chi connectivity index (χ1n) is 14.1. The number of halogens is 1. The predicted molar refractivity (Wildman–Crippen MR) is 162 cm³/mol. The van der Waals surface area contributed by atoms with Gasteiger partial charge in [-0.15, -0.1) is 0 Å². The Morgan fingerprint density at radius 1 is 1.03 bits per heavy atom. The van der Waals surface area contributed by atoms with E-state index < -0.39 is 0 Å². The van der Waals surface area contributed by atoms with Crippen molar-refractivity contribution >= 4 is 35.2 Å². The van der Waals surface area contributed by atoms with Crippen LogP contribution in [-0.2, 0) is 9.59 Å².